The van der Waals surface area contributed by atoms with Gasteiger partial charge in [0.25, 0.3) is 11.6 Å². The van der Waals surface area contributed by atoms with E-state index in [4.69, 9.17) is 10.8 Å². The van der Waals surface area contributed by atoms with Gasteiger partial charge in [-0.2, -0.15) is 0 Å². The number of pyridine rings is 1. The summed E-state index contributed by atoms with van der Waals surface area (Å²) >= 11 is 0. The van der Waals surface area contributed by atoms with Crippen LogP contribution in [0.4, 0.5) is 17.2 Å². The topological polar surface area (TPSA) is 131 Å². The van der Waals surface area contributed by atoms with Crippen LogP contribution in [0.2, 0.25) is 0 Å². The molecule has 0 aliphatic heterocycles. The largest absolute Gasteiger partial charge is 0.392 e. The number of nitrogens with two attached hydrogens (primary N) is 1. The molecule has 1 aromatic heterocycles. The van der Waals surface area contributed by atoms with Crippen molar-refractivity contribution in [3.63, 3.8) is 0 Å². The Balaban J connectivity index is 2.27. The molecule has 8 nitrogen and oxygen atoms in total. The van der Waals surface area contributed by atoms with Gasteiger partial charge < -0.3 is 16.2 Å². The maximum atomic E-state index is 12.1. The van der Waals surface area contributed by atoms with E-state index < -0.39 is 16.5 Å². The second kappa shape index (κ2) is 5.97. The van der Waals surface area contributed by atoms with Gasteiger partial charge in [-0.05, 0) is 23.8 Å². The lowest BCUT2D eigenvalue weighted by Crippen LogP contribution is -2.15. The summed E-state index contributed by atoms with van der Waals surface area (Å²) in [5, 5.41) is 22.3. The fraction of sp³-hybridized carbons (Fsp3) is 0.0769. The van der Waals surface area contributed by atoms with Crippen molar-refractivity contribution in [1.29, 1.82) is 0 Å². The molecule has 108 valence electrons. The lowest BCUT2D eigenvalue weighted by molar-refractivity contribution is -0.385. The van der Waals surface area contributed by atoms with Crippen LogP contribution in [-0.4, -0.2) is 20.9 Å². The van der Waals surface area contributed by atoms with Crippen molar-refractivity contribution >= 4 is 23.1 Å². The van der Waals surface area contributed by atoms with Gasteiger partial charge in [-0.1, -0.05) is 12.1 Å². The number of nitro groups is 1. The maximum absolute atomic E-state index is 12.1. The first-order chi connectivity index (χ1) is 10.0. The number of benzene rings is 1. The zero-order valence-electron chi connectivity index (χ0n) is 10.8. The van der Waals surface area contributed by atoms with E-state index in [-0.39, 0.29) is 18.0 Å². The zero-order chi connectivity index (χ0) is 15.4. The predicted octanol–water partition coefficient (Wildman–Crippen LogP) is 1.32. The second-order valence-corrected chi connectivity index (χ2v) is 4.19. The summed E-state index contributed by atoms with van der Waals surface area (Å²) in [6.45, 7) is -0.111. The van der Waals surface area contributed by atoms with Crippen molar-refractivity contribution < 1.29 is 14.8 Å². The van der Waals surface area contributed by atoms with Crippen LogP contribution in [0.1, 0.15) is 15.9 Å². The van der Waals surface area contributed by atoms with Gasteiger partial charge in [0.1, 0.15) is 17.6 Å². The van der Waals surface area contributed by atoms with E-state index in [1.807, 2.05) is 0 Å². The first-order valence-electron chi connectivity index (χ1n) is 5.92. The lowest BCUT2D eigenvalue weighted by Gasteiger charge is -2.07. The van der Waals surface area contributed by atoms with Crippen molar-refractivity contribution in [3.8, 4) is 0 Å². The molecule has 2 rings (SSSR count). The fourth-order valence-electron chi connectivity index (χ4n) is 1.68. The first-order valence-corrected chi connectivity index (χ1v) is 5.92. The molecule has 21 heavy (non-hydrogen) atoms. The monoisotopic (exact) mass is 288 g/mol. The predicted molar refractivity (Wildman–Crippen MR) is 75.6 cm³/mol. The normalized spacial score (nSPS) is 10.1. The molecule has 1 amide bonds. The SMILES string of the molecule is Nc1cc(C(=O)Nc2ccc(CO)cc2)c([N+](=O)[O-])cn1. The van der Waals surface area contributed by atoms with Gasteiger partial charge in [-0.3, -0.25) is 14.9 Å². The van der Waals surface area contributed by atoms with Gasteiger partial charge in [0, 0.05) is 5.69 Å². The van der Waals surface area contributed by atoms with Crippen molar-refractivity contribution in [2.75, 3.05) is 11.1 Å². The Labute approximate surface area is 119 Å². The Morgan fingerprint density at radius 3 is 2.62 bits per heavy atom. The number of aliphatic hydroxyl groups is 1. The van der Waals surface area contributed by atoms with Crippen LogP contribution in [0.3, 0.4) is 0 Å². The molecular weight excluding hydrogens is 276 g/mol. The van der Waals surface area contributed by atoms with Gasteiger partial charge >= 0.3 is 0 Å². The molecule has 0 atom stereocenters. The zero-order valence-corrected chi connectivity index (χ0v) is 10.8. The van der Waals surface area contributed by atoms with Gasteiger partial charge in [0.05, 0.1) is 11.5 Å². The molecule has 0 aliphatic rings. The van der Waals surface area contributed by atoms with Gasteiger partial charge in [-0.15, -0.1) is 0 Å². The number of nitrogen functional groups attached to an aromatic ring is 1. The highest BCUT2D eigenvalue weighted by atomic mass is 16.6. The molecule has 0 saturated heterocycles. The van der Waals surface area contributed by atoms with E-state index in [0.717, 1.165) is 12.3 Å². The average Bonchev–Trinajstić information content (AvgIpc) is 2.47. The summed E-state index contributed by atoms with van der Waals surface area (Å²) in [6, 6.07) is 7.57. The van der Waals surface area contributed by atoms with Crippen LogP contribution >= 0.6 is 0 Å². The second-order valence-electron chi connectivity index (χ2n) is 4.19. The van der Waals surface area contributed by atoms with Crippen LogP contribution in [0.5, 0.6) is 0 Å². The van der Waals surface area contributed by atoms with Crippen LogP contribution in [0.15, 0.2) is 36.5 Å². The highest BCUT2D eigenvalue weighted by Crippen LogP contribution is 2.20. The summed E-state index contributed by atoms with van der Waals surface area (Å²) in [5.41, 5.74) is 6.00. The van der Waals surface area contributed by atoms with Gasteiger partial charge in [0.15, 0.2) is 0 Å². The first kappa shape index (κ1) is 14.4. The van der Waals surface area contributed by atoms with Crippen LogP contribution in [0.25, 0.3) is 0 Å². The number of aliphatic hydroxyl groups excluding tert-OH is 1. The van der Waals surface area contributed by atoms with Crippen LogP contribution in [0, 0.1) is 10.1 Å². The van der Waals surface area contributed by atoms with E-state index in [1.54, 1.807) is 24.3 Å². The summed E-state index contributed by atoms with van der Waals surface area (Å²) in [6.07, 6.45) is 0.944. The van der Waals surface area contributed by atoms with Crippen molar-refractivity contribution in [3.05, 3.63) is 57.8 Å². The minimum Gasteiger partial charge on any atom is -0.392 e. The molecule has 0 aliphatic carbocycles. The number of carbonyl (C=O) groups excluding carboxylic acids is 1. The molecule has 4 N–H and O–H groups in total. The maximum Gasteiger partial charge on any atom is 0.300 e. The molecule has 8 heteroatoms. The Kier molecular flexibility index (Phi) is 4.10. The minimum atomic E-state index is -0.698. The highest BCUT2D eigenvalue weighted by molar-refractivity contribution is 6.07. The van der Waals surface area contributed by atoms with E-state index in [1.165, 1.54) is 0 Å². The van der Waals surface area contributed by atoms with Crippen molar-refractivity contribution in [2.45, 2.75) is 6.61 Å². The van der Waals surface area contributed by atoms with Crippen molar-refractivity contribution in [1.82, 2.24) is 4.98 Å². The van der Waals surface area contributed by atoms with Crippen molar-refractivity contribution in [2.24, 2.45) is 0 Å². The van der Waals surface area contributed by atoms with Crippen LogP contribution in [-0.2, 0) is 6.61 Å². The highest BCUT2D eigenvalue weighted by Gasteiger charge is 2.21. The standard InChI is InChI=1S/C13H12N4O4/c14-12-5-10(11(6-15-12)17(20)21)13(19)16-9-3-1-8(7-18)2-4-9/h1-6,18H,7H2,(H2,14,15)(H,16,19). The number of amides is 1. The minimum absolute atomic E-state index is 0.0152. The van der Waals surface area contributed by atoms with Crippen LogP contribution < -0.4 is 11.1 Å². The van der Waals surface area contributed by atoms with Gasteiger partial charge in [0.2, 0.25) is 0 Å². The number of hydrogen-bond donors (Lipinski definition) is 3. The van der Waals surface area contributed by atoms with E-state index in [0.29, 0.717) is 11.3 Å². The molecule has 0 spiro atoms. The molecule has 1 heterocycles. The Hall–Kier alpha value is -3.00. The number of rotatable bonds is 4. The summed E-state index contributed by atoms with van der Waals surface area (Å²) in [7, 11) is 0. The quantitative estimate of drug-likeness (QED) is 0.574. The average molecular weight is 288 g/mol. The Morgan fingerprint density at radius 2 is 2.05 bits per heavy atom. The number of anilines is 2. The molecule has 0 radical (unpaired) electrons. The third kappa shape index (κ3) is 3.31. The molecule has 1 aromatic carbocycles. The number of nitrogens with one attached hydrogen (secondary N) is 1. The van der Waals surface area contributed by atoms with E-state index in [9.17, 15) is 14.9 Å². The molecule has 0 fully saturated rings. The Bertz CT molecular complexity index is 685. The smallest absolute Gasteiger partial charge is 0.300 e. The number of hydrogen-bond acceptors (Lipinski definition) is 6. The van der Waals surface area contributed by atoms with Gasteiger partial charge in [-0.25, -0.2) is 4.98 Å². The molecule has 0 bridgehead atoms. The number of nitrogens with zero attached hydrogens (tertiary/aromatic N) is 2. The molecule has 0 saturated carbocycles. The fourth-order valence-corrected chi connectivity index (χ4v) is 1.68. The van der Waals surface area contributed by atoms with E-state index >= 15 is 0 Å². The molecule has 2 aromatic rings. The van der Waals surface area contributed by atoms with E-state index in [2.05, 4.69) is 10.3 Å². The number of aromatic nitrogens is 1. The Morgan fingerprint density at radius 1 is 1.38 bits per heavy atom. The summed E-state index contributed by atoms with van der Waals surface area (Å²) in [5.74, 6) is -0.645. The summed E-state index contributed by atoms with van der Waals surface area (Å²) < 4.78 is 0. The third-order valence-corrected chi connectivity index (χ3v) is 2.74. The summed E-state index contributed by atoms with van der Waals surface area (Å²) in [4.78, 5) is 25.9. The number of carbonyl (C=O) groups is 1. The molecule has 0 unspecified atom stereocenters. The molecular formula is C13H12N4O4. The third-order valence-electron chi connectivity index (χ3n) is 2.74. The lowest BCUT2D eigenvalue weighted by atomic mass is 10.2.